The second-order valence-electron chi connectivity index (χ2n) is 9.32. The predicted octanol–water partition coefficient (Wildman–Crippen LogP) is 6.37. The van der Waals surface area contributed by atoms with E-state index < -0.39 is 12.1 Å². The lowest BCUT2D eigenvalue weighted by Gasteiger charge is -2.08. The van der Waals surface area contributed by atoms with Crippen LogP contribution in [0, 0.1) is 0 Å². The predicted molar refractivity (Wildman–Crippen MR) is 135 cm³/mol. The number of carboxylic acids is 1. The Kier molecular flexibility index (Phi) is 28.7. The molecule has 0 saturated carbocycles. The number of aliphatic hydroxyl groups is 1. The van der Waals surface area contributed by atoms with Crippen LogP contribution in [0.5, 0.6) is 0 Å². The first-order chi connectivity index (χ1) is 14.9. The highest BCUT2D eigenvalue weighted by Crippen LogP contribution is 2.14. The molecule has 4 N–H and O–H groups in total. The maximum absolute atomic E-state index is 9.45. The summed E-state index contributed by atoms with van der Waals surface area (Å²) < 4.78 is 0. The van der Waals surface area contributed by atoms with Crippen molar-refractivity contribution in [1.82, 2.24) is 4.90 Å². The summed E-state index contributed by atoms with van der Waals surface area (Å²) in [6.07, 6.45) is 26.0. The molecule has 0 amide bonds. The van der Waals surface area contributed by atoms with Crippen LogP contribution in [0.4, 0.5) is 0 Å². The summed E-state index contributed by atoms with van der Waals surface area (Å²) in [6, 6.07) is 0. The molecule has 0 radical (unpaired) electrons. The van der Waals surface area contributed by atoms with Crippen LogP contribution in [-0.2, 0) is 4.79 Å². The van der Waals surface area contributed by atoms with Gasteiger partial charge in [0.15, 0.2) is 0 Å². The summed E-state index contributed by atoms with van der Waals surface area (Å²) in [4.78, 5) is 11.7. The Balaban J connectivity index is 0. The molecule has 0 aliphatic heterocycles. The Labute approximate surface area is 194 Å². The van der Waals surface area contributed by atoms with Crippen LogP contribution in [0.3, 0.4) is 0 Å². The van der Waals surface area contributed by atoms with E-state index in [-0.39, 0.29) is 0 Å². The summed E-state index contributed by atoms with van der Waals surface area (Å²) in [5.41, 5.74) is 5.51. The fourth-order valence-corrected chi connectivity index (χ4v) is 3.58. The first kappa shape index (κ1) is 32.5. The number of aliphatic hydroxyl groups excluding tert-OH is 1. The fourth-order valence-electron chi connectivity index (χ4n) is 3.58. The van der Waals surface area contributed by atoms with Gasteiger partial charge in [-0.15, -0.1) is 0 Å². The Hall–Kier alpha value is -0.650. The van der Waals surface area contributed by atoms with Gasteiger partial charge in [-0.1, -0.05) is 109 Å². The molecular formula is C26H56N2O3. The number of hydrogen-bond acceptors (Lipinski definition) is 4. The highest BCUT2D eigenvalue weighted by atomic mass is 16.4. The molecule has 0 spiro atoms. The number of carbonyl (C=O) groups is 1. The monoisotopic (exact) mass is 444 g/mol. The number of carboxylic acid groups (broad SMARTS) is 1. The minimum Gasteiger partial charge on any atom is -0.479 e. The van der Waals surface area contributed by atoms with Crippen molar-refractivity contribution in [2.75, 3.05) is 27.2 Å². The Bertz CT molecular complexity index is 350. The van der Waals surface area contributed by atoms with Gasteiger partial charge in [-0.25, -0.2) is 4.79 Å². The van der Waals surface area contributed by atoms with Crippen LogP contribution >= 0.6 is 0 Å². The Morgan fingerprint density at radius 1 is 0.645 bits per heavy atom. The minimum absolute atomic E-state index is 0.872. The zero-order chi connectivity index (χ0) is 23.6. The zero-order valence-corrected chi connectivity index (χ0v) is 21.3. The second kappa shape index (κ2) is 27.4. The molecule has 1 atom stereocenters. The minimum atomic E-state index is -1.23. The number of nitrogens with zero attached hydrogens (tertiary/aromatic N) is 1. The molecule has 31 heavy (non-hydrogen) atoms. The molecule has 0 heterocycles. The molecule has 0 bridgehead atoms. The lowest BCUT2D eigenvalue weighted by atomic mass is 10.0. The van der Waals surface area contributed by atoms with Crippen molar-refractivity contribution in [3.05, 3.63) is 0 Å². The first-order valence-corrected chi connectivity index (χ1v) is 13.2. The highest BCUT2D eigenvalue weighted by molar-refractivity contribution is 5.71. The topological polar surface area (TPSA) is 86.8 Å². The number of aliphatic carboxylic acids is 1. The third-order valence-electron chi connectivity index (χ3n) is 5.67. The van der Waals surface area contributed by atoms with E-state index in [1.165, 1.54) is 135 Å². The summed E-state index contributed by atoms with van der Waals surface area (Å²) in [5, 5.41) is 15.8. The second-order valence-corrected chi connectivity index (χ2v) is 9.32. The first-order valence-electron chi connectivity index (χ1n) is 13.2. The van der Waals surface area contributed by atoms with Crippen LogP contribution in [0.1, 0.15) is 129 Å². The molecule has 188 valence electrons. The zero-order valence-electron chi connectivity index (χ0n) is 21.3. The van der Waals surface area contributed by atoms with E-state index in [0.29, 0.717) is 0 Å². The van der Waals surface area contributed by atoms with Crippen molar-refractivity contribution in [3.63, 3.8) is 0 Å². The van der Waals surface area contributed by atoms with Crippen molar-refractivity contribution >= 4 is 5.97 Å². The normalized spacial score (nSPS) is 11.9. The van der Waals surface area contributed by atoms with Gasteiger partial charge in [-0.05, 0) is 47.0 Å². The summed E-state index contributed by atoms with van der Waals surface area (Å²) in [5.74, 6) is -1.19. The third kappa shape index (κ3) is 34.2. The summed E-state index contributed by atoms with van der Waals surface area (Å²) in [6.45, 7) is 3.33. The van der Waals surface area contributed by atoms with Crippen molar-refractivity contribution in [2.45, 2.75) is 135 Å². The van der Waals surface area contributed by atoms with Crippen LogP contribution in [0.25, 0.3) is 0 Å². The SMILES string of the molecule is CC(O)C(=O)O.CN(C)CCCCCCCCCCCCCCCCCCCCCN. The van der Waals surface area contributed by atoms with E-state index >= 15 is 0 Å². The van der Waals surface area contributed by atoms with E-state index in [0.717, 1.165) is 6.54 Å². The average Bonchev–Trinajstić information content (AvgIpc) is 2.72. The van der Waals surface area contributed by atoms with Gasteiger partial charge in [-0.3, -0.25) is 0 Å². The van der Waals surface area contributed by atoms with Gasteiger partial charge in [0, 0.05) is 0 Å². The number of rotatable bonds is 22. The molecule has 0 saturated heterocycles. The standard InChI is InChI=1S/C23H50N2.C3H6O3/c1-25(2)23-21-19-17-15-13-11-9-7-5-3-4-6-8-10-12-14-16-18-20-22-24;1-2(4)3(5)6/h3-24H2,1-2H3;2,4H,1H3,(H,5,6). The smallest absolute Gasteiger partial charge is 0.332 e. The van der Waals surface area contributed by atoms with E-state index in [4.69, 9.17) is 15.9 Å². The van der Waals surface area contributed by atoms with E-state index in [9.17, 15) is 4.79 Å². The number of unbranched alkanes of at least 4 members (excludes halogenated alkanes) is 18. The molecule has 0 aromatic heterocycles. The van der Waals surface area contributed by atoms with Crippen molar-refractivity contribution in [2.24, 2.45) is 5.73 Å². The molecule has 0 aromatic rings. The largest absolute Gasteiger partial charge is 0.479 e. The average molecular weight is 445 g/mol. The van der Waals surface area contributed by atoms with Crippen LogP contribution in [0.2, 0.25) is 0 Å². The molecule has 0 fully saturated rings. The molecule has 5 heteroatoms. The molecule has 5 nitrogen and oxygen atoms in total. The Morgan fingerprint density at radius 3 is 1.06 bits per heavy atom. The van der Waals surface area contributed by atoms with Gasteiger partial charge < -0.3 is 20.8 Å². The van der Waals surface area contributed by atoms with Gasteiger partial charge in [0.05, 0.1) is 0 Å². The molecule has 1 unspecified atom stereocenters. The van der Waals surface area contributed by atoms with E-state index in [1.807, 2.05) is 0 Å². The van der Waals surface area contributed by atoms with Crippen molar-refractivity contribution in [1.29, 1.82) is 0 Å². The van der Waals surface area contributed by atoms with Gasteiger partial charge in [0.2, 0.25) is 0 Å². The summed E-state index contributed by atoms with van der Waals surface area (Å²) in [7, 11) is 4.35. The van der Waals surface area contributed by atoms with Gasteiger partial charge in [-0.2, -0.15) is 0 Å². The lowest BCUT2D eigenvalue weighted by Crippen LogP contribution is -2.13. The third-order valence-corrected chi connectivity index (χ3v) is 5.67. The molecule has 0 aromatic carbocycles. The fraction of sp³-hybridized carbons (Fsp3) is 0.962. The maximum Gasteiger partial charge on any atom is 0.332 e. The Morgan fingerprint density at radius 2 is 0.871 bits per heavy atom. The van der Waals surface area contributed by atoms with Crippen LogP contribution in [0.15, 0.2) is 0 Å². The maximum atomic E-state index is 9.45. The lowest BCUT2D eigenvalue weighted by molar-refractivity contribution is -0.145. The van der Waals surface area contributed by atoms with Gasteiger partial charge in [0.1, 0.15) is 6.10 Å². The molecule has 0 rings (SSSR count). The highest BCUT2D eigenvalue weighted by Gasteiger charge is 2.01. The van der Waals surface area contributed by atoms with Gasteiger partial charge in [0.25, 0.3) is 0 Å². The van der Waals surface area contributed by atoms with Crippen molar-refractivity contribution in [3.8, 4) is 0 Å². The van der Waals surface area contributed by atoms with Crippen molar-refractivity contribution < 1.29 is 15.0 Å². The summed E-state index contributed by atoms with van der Waals surface area (Å²) >= 11 is 0. The van der Waals surface area contributed by atoms with E-state index in [2.05, 4.69) is 19.0 Å². The van der Waals surface area contributed by atoms with Crippen LogP contribution < -0.4 is 5.73 Å². The van der Waals surface area contributed by atoms with E-state index in [1.54, 1.807) is 0 Å². The molecular weight excluding hydrogens is 388 g/mol. The molecule has 0 aliphatic carbocycles. The number of hydrogen-bond donors (Lipinski definition) is 3. The quantitative estimate of drug-likeness (QED) is 0.169. The van der Waals surface area contributed by atoms with Gasteiger partial charge >= 0.3 is 5.97 Å². The molecule has 0 aliphatic rings. The van der Waals surface area contributed by atoms with Crippen LogP contribution in [-0.4, -0.2) is 54.4 Å². The number of nitrogens with two attached hydrogens (primary N) is 1.